The van der Waals surface area contributed by atoms with E-state index in [0.717, 1.165) is 29.9 Å². The zero-order valence-electron chi connectivity index (χ0n) is 16.4. The van der Waals surface area contributed by atoms with Crippen molar-refractivity contribution in [1.82, 2.24) is 14.9 Å². The smallest absolute Gasteiger partial charge is 0.227 e. The highest BCUT2D eigenvalue weighted by Gasteiger charge is 2.04. The van der Waals surface area contributed by atoms with Gasteiger partial charge in [-0.1, -0.05) is 12.1 Å². The Bertz CT molecular complexity index is 942. The van der Waals surface area contributed by atoms with Crippen LogP contribution in [-0.4, -0.2) is 49.1 Å². The summed E-state index contributed by atoms with van der Waals surface area (Å²) in [6, 6.07) is 17.8. The zero-order valence-corrected chi connectivity index (χ0v) is 16.4. The number of rotatable bonds is 7. The van der Waals surface area contributed by atoms with Crippen LogP contribution in [0.2, 0.25) is 0 Å². The summed E-state index contributed by atoms with van der Waals surface area (Å²) in [7, 11) is 6.24. The number of nitrogens with zero attached hydrogens (tertiary/aromatic N) is 5. The van der Waals surface area contributed by atoms with Crippen molar-refractivity contribution >= 4 is 17.3 Å². The Morgan fingerprint density at radius 3 is 2.29 bits per heavy atom. The number of anilines is 3. The third-order valence-corrected chi connectivity index (χ3v) is 4.42. The molecule has 6 nitrogen and oxygen atoms in total. The molecule has 3 aromatic rings. The standard InChI is InChI=1S/C22H24N6/c1-27(2)11-12-28(3)21-9-7-20(8-10-21)26-22-24-15-19(16-25-22)18-6-4-5-17(13-18)14-23/h4-10,13,15-16H,11-12H2,1-3H3,(H,24,25,26). The fourth-order valence-electron chi connectivity index (χ4n) is 2.72. The lowest BCUT2D eigenvalue weighted by Gasteiger charge is -2.21. The van der Waals surface area contributed by atoms with Gasteiger partial charge in [-0.2, -0.15) is 5.26 Å². The molecule has 1 aromatic heterocycles. The third-order valence-electron chi connectivity index (χ3n) is 4.42. The SMILES string of the molecule is CN(C)CCN(C)c1ccc(Nc2ncc(-c3cccc(C#N)c3)cn2)cc1. The first-order valence-corrected chi connectivity index (χ1v) is 9.11. The Kier molecular flexibility index (Phi) is 6.20. The number of benzene rings is 2. The molecule has 0 atom stereocenters. The van der Waals surface area contributed by atoms with Gasteiger partial charge in [0.1, 0.15) is 0 Å². The summed E-state index contributed by atoms with van der Waals surface area (Å²) < 4.78 is 0. The molecule has 0 spiro atoms. The van der Waals surface area contributed by atoms with Gasteiger partial charge in [-0.25, -0.2) is 9.97 Å². The van der Waals surface area contributed by atoms with E-state index in [9.17, 15) is 0 Å². The molecule has 0 aliphatic rings. The number of hydrogen-bond acceptors (Lipinski definition) is 6. The molecule has 0 amide bonds. The highest BCUT2D eigenvalue weighted by Crippen LogP contribution is 2.22. The number of aromatic nitrogens is 2. The molecule has 0 unspecified atom stereocenters. The Balaban J connectivity index is 1.65. The second kappa shape index (κ2) is 8.98. The second-order valence-electron chi connectivity index (χ2n) is 6.88. The van der Waals surface area contributed by atoms with Crippen LogP contribution in [0.25, 0.3) is 11.1 Å². The third kappa shape index (κ3) is 5.06. The van der Waals surface area contributed by atoms with Crippen LogP contribution < -0.4 is 10.2 Å². The minimum Gasteiger partial charge on any atom is -0.373 e. The number of hydrogen-bond donors (Lipinski definition) is 1. The molecule has 28 heavy (non-hydrogen) atoms. The van der Waals surface area contributed by atoms with E-state index < -0.39 is 0 Å². The van der Waals surface area contributed by atoms with Crippen molar-refractivity contribution in [3.63, 3.8) is 0 Å². The molecule has 142 valence electrons. The van der Waals surface area contributed by atoms with E-state index in [1.807, 2.05) is 30.3 Å². The largest absolute Gasteiger partial charge is 0.373 e. The molecule has 0 fully saturated rings. The van der Waals surface area contributed by atoms with Crippen LogP contribution in [0.4, 0.5) is 17.3 Å². The summed E-state index contributed by atoms with van der Waals surface area (Å²) >= 11 is 0. The highest BCUT2D eigenvalue weighted by atomic mass is 15.2. The monoisotopic (exact) mass is 372 g/mol. The van der Waals surface area contributed by atoms with Gasteiger partial charge in [0.2, 0.25) is 5.95 Å². The van der Waals surface area contributed by atoms with Crippen LogP contribution in [0.1, 0.15) is 5.56 Å². The van der Waals surface area contributed by atoms with Crippen molar-refractivity contribution in [2.75, 3.05) is 44.4 Å². The molecule has 0 aliphatic carbocycles. The van der Waals surface area contributed by atoms with Crippen molar-refractivity contribution in [3.05, 3.63) is 66.5 Å². The van der Waals surface area contributed by atoms with Gasteiger partial charge in [0.25, 0.3) is 0 Å². The first kappa shape index (κ1) is 19.3. The normalized spacial score (nSPS) is 10.5. The van der Waals surface area contributed by atoms with Gasteiger partial charge in [-0.15, -0.1) is 0 Å². The van der Waals surface area contributed by atoms with Crippen molar-refractivity contribution in [2.24, 2.45) is 0 Å². The molecule has 0 saturated heterocycles. The van der Waals surface area contributed by atoms with Crippen LogP contribution >= 0.6 is 0 Å². The molecular formula is C22H24N6. The van der Waals surface area contributed by atoms with Gasteiger partial charge in [0.15, 0.2) is 0 Å². The van der Waals surface area contributed by atoms with Gasteiger partial charge < -0.3 is 15.1 Å². The molecule has 0 bridgehead atoms. The summed E-state index contributed by atoms with van der Waals surface area (Å²) in [6.45, 7) is 1.98. The summed E-state index contributed by atoms with van der Waals surface area (Å²) in [4.78, 5) is 13.2. The molecule has 1 heterocycles. The van der Waals surface area contributed by atoms with E-state index in [0.29, 0.717) is 11.5 Å². The predicted octanol–water partition coefficient (Wildman–Crippen LogP) is 3.76. The van der Waals surface area contributed by atoms with E-state index in [4.69, 9.17) is 5.26 Å². The minimum atomic E-state index is 0.536. The molecule has 3 rings (SSSR count). The van der Waals surface area contributed by atoms with E-state index in [1.165, 1.54) is 5.69 Å². The number of nitrogens with one attached hydrogen (secondary N) is 1. The van der Waals surface area contributed by atoms with Crippen LogP contribution in [0.3, 0.4) is 0 Å². The van der Waals surface area contributed by atoms with E-state index in [2.05, 4.69) is 64.4 Å². The van der Waals surface area contributed by atoms with Gasteiger partial charge >= 0.3 is 0 Å². The highest BCUT2D eigenvalue weighted by molar-refractivity contribution is 5.65. The molecule has 2 aromatic carbocycles. The van der Waals surface area contributed by atoms with Crippen molar-refractivity contribution in [2.45, 2.75) is 0 Å². The molecule has 6 heteroatoms. The molecule has 0 aliphatic heterocycles. The van der Waals surface area contributed by atoms with Crippen LogP contribution in [0.15, 0.2) is 60.9 Å². The van der Waals surface area contributed by atoms with E-state index in [1.54, 1.807) is 18.5 Å². The first-order valence-electron chi connectivity index (χ1n) is 9.11. The average molecular weight is 372 g/mol. The second-order valence-corrected chi connectivity index (χ2v) is 6.88. The topological polar surface area (TPSA) is 68.1 Å². The van der Waals surface area contributed by atoms with Crippen LogP contribution in [0, 0.1) is 11.3 Å². The molecular weight excluding hydrogens is 348 g/mol. The maximum Gasteiger partial charge on any atom is 0.227 e. The summed E-state index contributed by atoms with van der Waals surface area (Å²) in [5, 5.41) is 12.2. The van der Waals surface area contributed by atoms with Crippen LogP contribution in [-0.2, 0) is 0 Å². The van der Waals surface area contributed by atoms with Gasteiger partial charge in [-0.05, 0) is 56.1 Å². The van der Waals surface area contributed by atoms with Gasteiger partial charge in [-0.3, -0.25) is 0 Å². The van der Waals surface area contributed by atoms with Crippen molar-refractivity contribution in [1.29, 1.82) is 5.26 Å². The Labute approximate surface area is 166 Å². The van der Waals surface area contributed by atoms with E-state index in [-0.39, 0.29) is 0 Å². The lowest BCUT2D eigenvalue weighted by atomic mass is 10.1. The Morgan fingerprint density at radius 1 is 0.929 bits per heavy atom. The minimum absolute atomic E-state index is 0.536. The summed E-state index contributed by atoms with van der Waals surface area (Å²) in [6.07, 6.45) is 3.52. The quantitative estimate of drug-likeness (QED) is 0.681. The maximum absolute atomic E-state index is 9.03. The Hall–Kier alpha value is -3.43. The molecule has 0 saturated carbocycles. The van der Waals surface area contributed by atoms with Crippen molar-refractivity contribution in [3.8, 4) is 17.2 Å². The predicted molar refractivity (Wildman–Crippen MR) is 114 cm³/mol. The lowest BCUT2D eigenvalue weighted by Crippen LogP contribution is -2.28. The average Bonchev–Trinajstić information content (AvgIpc) is 2.73. The van der Waals surface area contributed by atoms with Gasteiger partial charge in [0, 0.05) is 49.5 Å². The number of nitriles is 1. The maximum atomic E-state index is 9.03. The van der Waals surface area contributed by atoms with Crippen LogP contribution in [0.5, 0.6) is 0 Å². The molecule has 1 N–H and O–H groups in total. The van der Waals surface area contributed by atoms with Crippen molar-refractivity contribution < 1.29 is 0 Å². The summed E-state index contributed by atoms with van der Waals surface area (Å²) in [5.74, 6) is 0.536. The fraction of sp³-hybridized carbons (Fsp3) is 0.227. The Morgan fingerprint density at radius 2 is 1.64 bits per heavy atom. The first-order chi connectivity index (χ1) is 13.5. The van der Waals surface area contributed by atoms with Gasteiger partial charge in [0.05, 0.1) is 11.6 Å². The molecule has 0 radical (unpaired) electrons. The van der Waals surface area contributed by atoms with E-state index >= 15 is 0 Å². The lowest BCUT2D eigenvalue weighted by molar-refractivity contribution is 0.416. The number of likely N-dealkylation sites (N-methyl/N-ethyl adjacent to an activating group) is 2. The zero-order chi connectivity index (χ0) is 19.9. The summed E-state index contributed by atoms with van der Waals surface area (Å²) in [5.41, 5.74) is 4.52. The fourth-order valence-corrected chi connectivity index (χ4v) is 2.72.